The van der Waals surface area contributed by atoms with Crippen LogP contribution in [0.3, 0.4) is 0 Å². The zero-order valence-electron chi connectivity index (χ0n) is 9.51. The van der Waals surface area contributed by atoms with Crippen LogP contribution < -0.4 is 0 Å². The minimum absolute atomic E-state index is 0.0742. The maximum absolute atomic E-state index is 9.74. The van der Waals surface area contributed by atoms with E-state index in [9.17, 15) is 15.3 Å². The molecule has 0 atom stereocenters. The molecule has 0 aromatic heterocycles. The normalized spacial score (nSPS) is 10.4. The summed E-state index contributed by atoms with van der Waals surface area (Å²) in [6.45, 7) is 2.06. The van der Waals surface area contributed by atoms with Crippen molar-refractivity contribution in [1.29, 1.82) is 0 Å². The Balaban J connectivity index is 2.52. The van der Waals surface area contributed by atoms with Gasteiger partial charge >= 0.3 is 0 Å². The Morgan fingerprint density at radius 1 is 0.941 bits per heavy atom. The lowest BCUT2D eigenvalue weighted by atomic mass is 10.0. The summed E-state index contributed by atoms with van der Waals surface area (Å²) in [6, 6.07) is 10.2. The summed E-state index contributed by atoms with van der Waals surface area (Å²) in [5.41, 5.74) is 2.37. The number of aryl methyl sites for hydroxylation is 1. The van der Waals surface area contributed by atoms with Gasteiger partial charge in [-0.2, -0.15) is 0 Å². The molecule has 0 bridgehead atoms. The molecule has 0 aliphatic heterocycles. The number of phenolic OH excluding ortho intramolecular Hbond substituents is 3. The van der Waals surface area contributed by atoms with Crippen molar-refractivity contribution in [1.82, 2.24) is 0 Å². The third-order valence-electron chi connectivity index (χ3n) is 2.75. The van der Waals surface area contributed by atoms with Crippen molar-refractivity contribution in [3.63, 3.8) is 0 Å². The molecule has 2 aromatic carbocycles. The van der Waals surface area contributed by atoms with E-state index in [1.54, 1.807) is 0 Å². The number of rotatable bonds is 2. The fourth-order valence-electron chi connectivity index (χ4n) is 1.74. The minimum Gasteiger partial charge on any atom is -0.508 e. The van der Waals surface area contributed by atoms with Gasteiger partial charge in [-0.3, -0.25) is 0 Å². The Bertz CT molecular complexity index is 530. The van der Waals surface area contributed by atoms with Crippen LogP contribution in [0.1, 0.15) is 12.5 Å². The van der Waals surface area contributed by atoms with Gasteiger partial charge in [-0.1, -0.05) is 31.2 Å². The van der Waals surface area contributed by atoms with Crippen LogP contribution in [0.2, 0.25) is 0 Å². The zero-order valence-corrected chi connectivity index (χ0v) is 9.51. The van der Waals surface area contributed by atoms with Crippen LogP contribution in [-0.4, -0.2) is 15.3 Å². The van der Waals surface area contributed by atoms with E-state index < -0.39 is 0 Å². The Morgan fingerprint density at radius 2 is 1.59 bits per heavy atom. The Hall–Kier alpha value is -2.16. The first-order valence-corrected chi connectivity index (χ1v) is 5.46. The summed E-state index contributed by atoms with van der Waals surface area (Å²) in [6.07, 6.45) is 0.942. The van der Waals surface area contributed by atoms with Crippen LogP contribution in [0, 0.1) is 0 Å². The second-order valence-corrected chi connectivity index (χ2v) is 3.91. The number of benzene rings is 2. The molecule has 3 heteroatoms. The SMILES string of the molecule is CCc1ccc(-c2cc(O)cc(O)c2O)cc1. The highest BCUT2D eigenvalue weighted by Gasteiger charge is 2.10. The van der Waals surface area contributed by atoms with E-state index >= 15 is 0 Å². The molecule has 0 saturated heterocycles. The van der Waals surface area contributed by atoms with E-state index in [0.29, 0.717) is 5.56 Å². The molecule has 0 spiro atoms. The first-order chi connectivity index (χ1) is 8.11. The number of hydrogen-bond acceptors (Lipinski definition) is 3. The van der Waals surface area contributed by atoms with Crippen molar-refractivity contribution in [3.05, 3.63) is 42.0 Å². The molecular formula is C14H14O3. The summed E-state index contributed by atoms with van der Waals surface area (Å²) in [5.74, 6) is -0.610. The van der Waals surface area contributed by atoms with Gasteiger partial charge in [-0.05, 0) is 23.6 Å². The molecule has 0 radical (unpaired) electrons. The molecule has 0 unspecified atom stereocenters. The van der Waals surface area contributed by atoms with Crippen LogP contribution in [0.15, 0.2) is 36.4 Å². The predicted octanol–water partition coefficient (Wildman–Crippen LogP) is 3.03. The van der Waals surface area contributed by atoms with Crippen LogP contribution in [0.25, 0.3) is 11.1 Å². The molecule has 0 saturated carbocycles. The van der Waals surface area contributed by atoms with Crippen molar-refractivity contribution in [2.24, 2.45) is 0 Å². The van der Waals surface area contributed by atoms with Gasteiger partial charge in [0.1, 0.15) is 5.75 Å². The average molecular weight is 230 g/mol. The third-order valence-corrected chi connectivity index (χ3v) is 2.75. The Morgan fingerprint density at radius 3 is 2.18 bits per heavy atom. The maximum atomic E-state index is 9.74. The van der Waals surface area contributed by atoms with E-state index in [-0.39, 0.29) is 17.2 Å². The maximum Gasteiger partial charge on any atom is 0.165 e. The molecule has 17 heavy (non-hydrogen) atoms. The second-order valence-electron chi connectivity index (χ2n) is 3.91. The van der Waals surface area contributed by atoms with Crippen LogP contribution in [-0.2, 0) is 6.42 Å². The molecule has 0 aliphatic carbocycles. The summed E-state index contributed by atoms with van der Waals surface area (Å²) >= 11 is 0. The van der Waals surface area contributed by atoms with E-state index in [1.807, 2.05) is 24.3 Å². The van der Waals surface area contributed by atoms with Gasteiger partial charge in [0.2, 0.25) is 0 Å². The Labute approximate surface area is 99.6 Å². The summed E-state index contributed by atoms with van der Waals surface area (Å²) < 4.78 is 0. The standard InChI is InChI=1S/C14H14O3/c1-2-9-3-5-10(6-4-9)12-7-11(15)8-13(16)14(12)17/h3-8,15-17H,2H2,1H3. The summed E-state index contributed by atoms with van der Waals surface area (Å²) in [5, 5.41) is 28.6. The monoisotopic (exact) mass is 230 g/mol. The topological polar surface area (TPSA) is 60.7 Å². The van der Waals surface area contributed by atoms with Gasteiger partial charge in [0.25, 0.3) is 0 Å². The lowest BCUT2D eigenvalue weighted by Gasteiger charge is -2.08. The van der Waals surface area contributed by atoms with E-state index in [4.69, 9.17) is 0 Å². The molecule has 0 fully saturated rings. The lowest BCUT2D eigenvalue weighted by molar-refractivity contribution is 0.398. The van der Waals surface area contributed by atoms with Crippen molar-refractivity contribution in [2.45, 2.75) is 13.3 Å². The van der Waals surface area contributed by atoms with Crippen LogP contribution >= 0.6 is 0 Å². The number of phenols is 3. The molecule has 2 aromatic rings. The summed E-state index contributed by atoms with van der Waals surface area (Å²) in [4.78, 5) is 0. The second kappa shape index (κ2) is 4.37. The molecular weight excluding hydrogens is 216 g/mol. The highest BCUT2D eigenvalue weighted by molar-refractivity contribution is 5.75. The van der Waals surface area contributed by atoms with E-state index in [1.165, 1.54) is 11.6 Å². The van der Waals surface area contributed by atoms with Gasteiger partial charge in [0.15, 0.2) is 11.5 Å². The first-order valence-electron chi connectivity index (χ1n) is 5.46. The highest BCUT2D eigenvalue weighted by atomic mass is 16.3. The summed E-state index contributed by atoms with van der Waals surface area (Å²) in [7, 11) is 0. The van der Waals surface area contributed by atoms with Crippen molar-refractivity contribution < 1.29 is 15.3 Å². The van der Waals surface area contributed by atoms with E-state index in [2.05, 4.69) is 6.92 Å². The average Bonchev–Trinajstić information content (AvgIpc) is 2.34. The van der Waals surface area contributed by atoms with Crippen LogP contribution in [0.5, 0.6) is 17.2 Å². The van der Waals surface area contributed by atoms with Crippen molar-refractivity contribution in [3.8, 4) is 28.4 Å². The van der Waals surface area contributed by atoms with Gasteiger partial charge in [-0.25, -0.2) is 0 Å². The highest BCUT2D eigenvalue weighted by Crippen LogP contribution is 2.39. The fourth-order valence-corrected chi connectivity index (χ4v) is 1.74. The van der Waals surface area contributed by atoms with Crippen molar-refractivity contribution in [2.75, 3.05) is 0 Å². The zero-order chi connectivity index (χ0) is 12.4. The molecule has 88 valence electrons. The van der Waals surface area contributed by atoms with Gasteiger partial charge in [0, 0.05) is 11.6 Å². The Kier molecular flexibility index (Phi) is 2.91. The van der Waals surface area contributed by atoms with Gasteiger partial charge in [0.05, 0.1) is 0 Å². The van der Waals surface area contributed by atoms with Gasteiger partial charge in [-0.15, -0.1) is 0 Å². The smallest absolute Gasteiger partial charge is 0.165 e. The molecule has 0 heterocycles. The molecule has 0 aliphatic rings. The fraction of sp³-hybridized carbons (Fsp3) is 0.143. The molecule has 3 nitrogen and oxygen atoms in total. The van der Waals surface area contributed by atoms with E-state index in [0.717, 1.165) is 18.1 Å². The largest absolute Gasteiger partial charge is 0.508 e. The van der Waals surface area contributed by atoms with Crippen molar-refractivity contribution >= 4 is 0 Å². The first kappa shape index (κ1) is 11.3. The minimum atomic E-state index is -0.320. The number of aromatic hydroxyl groups is 3. The molecule has 0 amide bonds. The lowest BCUT2D eigenvalue weighted by Crippen LogP contribution is -1.83. The third kappa shape index (κ3) is 2.18. The quantitative estimate of drug-likeness (QED) is 0.549. The predicted molar refractivity (Wildman–Crippen MR) is 66.3 cm³/mol. The van der Waals surface area contributed by atoms with Gasteiger partial charge < -0.3 is 15.3 Å². The molecule has 3 N–H and O–H groups in total. The number of hydrogen-bond donors (Lipinski definition) is 3. The van der Waals surface area contributed by atoms with Crippen LogP contribution in [0.4, 0.5) is 0 Å². The molecule has 2 rings (SSSR count).